The number of rotatable bonds is 10. The highest BCUT2D eigenvalue weighted by molar-refractivity contribution is 5.65. The fourth-order valence-electron chi connectivity index (χ4n) is 2.04. The normalized spacial score (nSPS) is 14.7. The molecule has 22 heavy (non-hydrogen) atoms. The Morgan fingerprint density at radius 1 is 0.909 bits per heavy atom. The summed E-state index contributed by atoms with van der Waals surface area (Å²) < 4.78 is 0. The van der Waals surface area contributed by atoms with E-state index in [9.17, 15) is 9.90 Å². The van der Waals surface area contributed by atoms with Gasteiger partial charge in [-0.3, -0.25) is 4.79 Å². The molecule has 0 rings (SSSR count). The quantitative estimate of drug-likeness (QED) is 0.338. The summed E-state index contributed by atoms with van der Waals surface area (Å²) in [5.41, 5.74) is 4.78. The lowest BCUT2D eigenvalue weighted by molar-refractivity contribution is -0.104. The average Bonchev–Trinajstić information content (AvgIpc) is 2.44. The third-order valence-corrected chi connectivity index (χ3v) is 3.66. The predicted molar refractivity (Wildman–Crippen MR) is 95.9 cm³/mol. The van der Waals surface area contributed by atoms with Crippen LogP contribution in [0, 0.1) is 0 Å². The van der Waals surface area contributed by atoms with Gasteiger partial charge in [0.05, 0.1) is 6.10 Å². The van der Waals surface area contributed by atoms with E-state index in [-0.39, 0.29) is 6.10 Å². The summed E-state index contributed by atoms with van der Waals surface area (Å²) in [7, 11) is 0. The van der Waals surface area contributed by atoms with Crippen molar-refractivity contribution in [3.63, 3.8) is 0 Å². The minimum atomic E-state index is -0.365. The van der Waals surface area contributed by atoms with Crippen molar-refractivity contribution in [1.29, 1.82) is 0 Å². The Kier molecular flexibility index (Phi) is 11.4. The molecule has 2 heteroatoms. The topological polar surface area (TPSA) is 37.3 Å². The van der Waals surface area contributed by atoms with E-state index in [4.69, 9.17) is 0 Å². The molecule has 0 aromatic carbocycles. The minimum Gasteiger partial charge on any atom is -0.388 e. The fourth-order valence-corrected chi connectivity index (χ4v) is 2.04. The standard InChI is InChI=1S/C20H32O2/c1-16(2)12-13-20(22)19(5)11-7-10-17(3)8-6-9-18(4)14-15-21/h8,11-12,14-15,20,22H,6-7,9-10,13H2,1-5H3/b17-8+,18-14+,19-11+/t20-/m0/s1. The molecule has 2 nitrogen and oxygen atoms in total. The molecule has 0 aromatic heterocycles. The molecule has 0 amide bonds. The molecule has 0 radical (unpaired) electrons. The maximum Gasteiger partial charge on any atom is 0.142 e. The van der Waals surface area contributed by atoms with E-state index in [1.165, 1.54) is 11.1 Å². The molecule has 0 spiro atoms. The van der Waals surface area contributed by atoms with Gasteiger partial charge in [-0.1, -0.05) is 34.9 Å². The van der Waals surface area contributed by atoms with Crippen molar-refractivity contribution in [3.05, 3.63) is 46.6 Å². The first kappa shape index (κ1) is 20.6. The molecule has 0 aliphatic rings. The second-order valence-electron chi connectivity index (χ2n) is 6.26. The number of aliphatic hydroxyl groups is 1. The van der Waals surface area contributed by atoms with Crippen LogP contribution in [0.15, 0.2) is 46.6 Å². The Balaban J connectivity index is 4.15. The molecule has 124 valence electrons. The van der Waals surface area contributed by atoms with Gasteiger partial charge in [0.2, 0.25) is 0 Å². The third kappa shape index (κ3) is 11.3. The van der Waals surface area contributed by atoms with Crippen LogP contribution in [-0.2, 0) is 4.79 Å². The summed E-state index contributed by atoms with van der Waals surface area (Å²) >= 11 is 0. The van der Waals surface area contributed by atoms with Crippen LogP contribution in [0.3, 0.4) is 0 Å². The summed E-state index contributed by atoms with van der Waals surface area (Å²) in [4.78, 5) is 10.3. The number of aldehydes is 1. The number of hydrogen-bond donors (Lipinski definition) is 1. The van der Waals surface area contributed by atoms with Crippen LogP contribution in [-0.4, -0.2) is 17.5 Å². The van der Waals surface area contributed by atoms with Gasteiger partial charge in [0.25, 0.3) is 0 Å². The number of carbonyl (C=O) groups excluding carboxylic acids is 1. The van der Waals surface area contributed by atoms with Gasteiger partial charge in [0, 0.05) is 0 Å². The lowest BCUT2D eigenvalue weighted by Gasteiger charge is -2.09. The van der Waals surface area contributed by atoms with Gasteiger partial charge in [-0.05, 0) is 78.4 Å². The Morgan fingerprint density at radius 2 is 1.50 bits per heavy atom. The summed E-state index contributed by atoms with van der Waals surface area (Å²) in [6.45, 7) is 10.2. The highest BCUT2D eigenvalue weighted by Gasteiger charge is 2.03. The molecule has 0 aliphatic heterocycles. The van der Waals surface area contributed by atoms with Gasteiger partial charge in [0.1, 0.15) is 6.29 Å². The fraction of sp³-hybridized carbons (Fsp3) is 0.550. The van der Waals surface area contributed by atoms with Crippen molar-refractivity contribution in [2.24, 2.45) is 0 Å². The molecular formula is C20H32O2. The van der Waals surface area contributed by atoms with Crippen molar-refractivity contribution in [2.45, 2.75) is 72.8 Å². The molecule has 0 heterocycles. The predicted octanol–water partition coefficient (Wildman–Crippen LogP) is 5.30. The third-order valence-electron chi connectivity index (χ3n) is 3.66. The second kappa shape index (κ2) is 12.2. The summed E-state index contributed by atoms with van der Waals surface area (Å²) in [6.07, 6.45) is 13.2. The summed E-state index contributed by atoms with van der Waals surface area (Å²) in [5, 5.41) is 10.0. The molecule has 0 saturated carbocycles. The van der Waals surface area contributed by atoms with E-state index in [0.29, 0.717) is 6.42 Å². The maximum atomic E-state index is 10.3. The van der Waals surface area contributed by atoms with E-state index in [0.717, 1.165) is 43.1 Å². The molecule has 0 aromatic rings. The monoisotopic (exact) mass is 304 g/mol. The second-order valence-corrected chi connectivity index (χ2v) is 6.26. The number of hydrogen-bond acceptors (Lipinski definition) is 2. The summed E-state index contributed by atoms with van der Waals surface area (Å²) in [6, 6.07) is 0. The molecule has 0 saturated heterocycles. The van der Waals surface area contributed by atoms with Crippen LogP contribution in [0.2, 0.25) is 0 Å². The minimum absolute atomic E-state index is 0.365. The van der Waals surface area contributed by atoms with Crippen LogP contribution in [0.1, 0.15) is 66.7 Å². The van der Waals surface area contributed by atoms with Crippen LogP contribution in [0.4, 0.5) is 0 Å². The van der Waals surface area contributed by atoms with Gasteiger partial charge in [-0.2, -0.15) is 0 Å². The van der Waals surface area contributed by atoms with Gasteiger partial charge in [-0.25, -0.2) is 0 Å². The van der Waals surface area contributed by atoms with E-state index < -0.39 is 0 Å². The highest BCUT2D eigenvalue weighted by Crippen LogP contribution is 2.13. The van der Waals surface area contributed by atoms with E-state index in [1.54, 1.807) is 6.08 Å². The van der Waals surface area contributed by atoms with Crippen LogP contribution in [0.25, 0.3) is 0 Å². The first-order valence-corrected chi connectivity index (χ1v) is 8.11. The van der Waals surface area contributed by atoms with E-state index >= 15 is 0 Å². The Labute approximate surface area is 136 Å². The first-order chi connectivity index (χ1) is 10.4. The maximum absolute atomic E-state index is 10.3. The van der Waals surface area contributed by atoms with Crippen molar-refractivity contribution in [3.8, 4) is 0 Å². The molecule has 1 atom stereocenters. The van der Waals surface area contributed by atoms with E-state index in [1.807, 2.05) is 27.7 Å². The molecule has 0 aliphatic carbocycles. The molecule has 0 fully saturated rings. The molecule has 0 unspecified atom stereocenters. The van der Waals surface area contributed by atoms with Crippen molar-refractivity contribution in [1.82, 2.24) is 0 Å². The zero-order valence-electron chi connectivity index (χ0n) is 14.9. The van der Waals surface area contributed by atoms with Gasteiger partial charge >= 0.3 is 0 Å². The van der Waals surface area contributed by atoms with Gasteiger partial charge < -0.3 is 5.11 Å². The highest BCUT2D eigenvalue weighted by atomic mass is 16.3. The van der Waals surface area contributed by atoms with Crippen molar-refractivity contribution in [2.75, 3.05) is 0 Å². The number of carbonyl (C=O) groups is 1. The lowest BCUT2D eigenvalue weighted by Crippen LogP contribution is -2.06. The smallest absolute Gasteiger partial charge is 0.142 e. The molecule has 0 bridgehead atoms. The zero-order chi connectivity index (χ0) is 17.0. The number of aliphatic hydroxyl groups excluding tert-OH is 1. The van der Waals surface area contributed by atoms with Crippen molar-refractivity contribution >= 4 is 6.29 Å². The van der Waals surface area contributed by atoms with Crippen LogP contribution in [0.5, 0.6) is 0 Å². The largest absolute Gasteiger partial charge is 0.388 e. The molecule has 1 N–H and O–H groups in total. The van der Waals surface area contributed by atoms with Gasteiger partial charge in [0.15, 0.2) is 0 Å². The Morgan fingerprint density at radius 3 is 2.09 bits per heavy atom. The van der Waals surface area contributed by atoms with E-state index in [2.05, 4.69) is 25.2 Å². The van der Waals surface area contributed by atoms with Crippen LogP contribution < -0.4 is 0 Å². The zero-order valence-corrected chi connectivity index (χ0v) is 14.9. The Hall–Kier alpha value is -1.41. The SMILES string of the molecule is CC(C)=CC[C@H](O)/C(C)=C/CC/C(C)=C/CC/C(C)=C/C=O. The van der Waals surface area contributed by atoms with Crippen molar-refractivity contribution < 1.29 is 9.90 Å². The first-order valence-electron chi connectivity index (χ1n) is 8.11. The summed E-state index contributed by atoms with van der Waals surface area (Å²) in [5.74, 6) is 0. The molecular weight excluding hydrogens is 272 g/mol. The number of allylic oxidation sites excluding steroid dienone is 6. The average molecular weight is 304 g/mol. The lowest BCUT2D eigenvalue weighted by atomic mass is 10.0. The van der Waals surface area contributed by atoms with Gasteiger partial charge in [-0.15, -0.1) is 0 Å². The van der Waals surface area contributed by atoms with Crippen LogP contribution >= 0.6 is 0 Å². The Bertz CT molecular complexity index is 446.